The first kappa shape index (κ1) is 16.1. The molecule has 0 N–H and O–H groups in total. The Balaban J connectivity index is 1.84. The van der Waals surface area contributed by atoms with Gasteiger partial charge in [-0.1, -0.05) is 6.07 Å². The van der Waals surface area contributed by atoms with Gasteiger partial charge in [-0.2, -0.15) is 13.2 Å². The van der Waals surface area contributed by atoms with Crippen LogP contribution in [0, 0.1) is 5.92 Å². The molecule has 1 aliphatic rings. The summed E-state index contributed by atoms with van der Waals surface area (Å²) in [7, 11) is 0. The predicted octanol–water partition coefficient (Wildman–Crippen LogP) is 3.60. The van der Waals surface area contributed by atoms with E-state index in [0.717, 1.165) is 32.0 Å². The van der Waals surface area contributed by atoms with Gasteiger partial charge in [-0.25, -0.2) is 4.98 Å². The molecule has 0 spiro atoms. The van der Waals surface area contributed by atoms with Gasteiger partial charge in [-0.3, -0.25) is 0 Å². The number of hydrogen-bond donors (Lipinski definition) is 0. The van der Waals surface area contributed by atoms with Crippen molar-refractivity contribution >= 4 is 0 Å². The lowest BCUT2D eigenvalue weighted by Crippen LogP contribution is -2.39. The first-order valence-electron chi connectivity index (χ1n) is 7.27. The fraction of sp³-hybridized carbons (Fsp3) is 0.667. The molecule has 1 aliphatic heterocycles. The van der Waals surface area contributed by atoms with E-state index in [2.05, 4.69) is 23.7 Å². The van der Waals surface area contributed by atoms with E-state index in [9.17, 15) is 13.2 Å². The van der Waals surface area contributed by atoms with Crippen LogP contribution in [-0.4, -0.2) is 35.6 Å². The quantitative estimate of drug-likeness (QED) is 0.850. The monoisotopic (exact) mass is 302 g/mol. The highest BCUT2D eigenvalue weighted by molar-refractivity contribution is 5.17. The van der Waals surface area contributed by atoms with Crippen LogP contribution in [0.15, 0.2) is 18.2 Å². The number of pyridine rings is 1. The first-order chi connectivity index (χ1) is 9.86. The number of halogens is 3. The molecule has 2 rings (SSSR count). The summed E-state index contributed by atoms with van der Waals surface area (Å²) in [6.45, 7) is 6.80. The summed E-state index contributed by atoms with van der Waals surface area (Å²) in [5.74, 6) is 0.437. The Morgan fingerprint density at radius 1 is 1.29 bits per heavy atom. The van der Waals surface area contributed by atoms with Crippen molar-refractivity contribution in [3.63, 3.8) is 0 Å². The van der Waals surface area contributed by atoms with E-state index in [1.54, 1.807) is 0 Å². The number of hydrogen-bond acceptors (Lipinski definition) is 3. The van der Waals surface area contributed by atoms with Gasteiger partial charge in [-0.05, 0) is 51.8 Å². The van der Waals surface area contributed by atoms with E-state index in [1.807, 2.05) is 0 Å². The molecular weight excluding hydrogens is 281 g/mol. The fourth-order valence-corrected chi connectivity index (χ4v) is 2.49. The molecule has 6 heteroatoms. The van der Waals surface area contributed by atoms with E-state index in [4.69, 9.17) is 4.74 Å². The highest BCUT2D eigenvalue weighted by atomic mass is 19.4. The normalized spacial score (nSPS) is 18.2. The molecule has 0 aliphatic carbocycles. The summed E-state index contributed by atoms with van der Waals surface area (Å²) in [6.07, 6.45) is -2.41. The Kier molecular flexibility index (Phi) is 5.08. The van der Waals surface area contributed by atoms with Crippen molar-refractivity contribution in [1.82, 2.24) is 9.88 Å². The molecule has 1 fully saturated rings. The molecule has 0 amide bonds. The third kappa shape index (κ3) is 4.59. The smallest absolute Gasteiger partial charge is 0.433 e. The van der Waals surface area contributed by atoms with Gasteiger partial charge in [0, 0.05) is 12.1 Å². The summed E-state index contributed by atoms with van der Waals surface area (Å²) in [4.78, 5) is 5.92. The first-order valence-corrected chi connectivity index (χ1v) is 7.27. The minimum atomic E-state index is -4.43. The van der Waals surface area contributed by atoms with Gasteiger partial charge >= 0.3 is 6.18 Å². The third-order valence-electron chi connectivity index (χ3n) is 3.86. The van der Waals surface area contributed by atoms with Gasteiger partial charge in [0.25, 0.3) is 0 Å². The van der Waals surface area contributed by atoms with Crippen LogP contribution in [0.25, 0.3) is 0 Å². The second-order valence-corrected chi connectivity index (χ2v) is 5.74. The average Bonchev–Trinajstić information content (AvgIpc) is 2.45. The van der Waals surface area contributed by atoms with Crippen LogP contribution in [0.3, 0.4) is 0 Å². The molecule has 1 saturated heterocycles. The Bertz CT molecular complexity index is 454. The number of aromatic nitrogens is 1. The number of nitrogens with zero attached hydrogens (tertiary/aromatic N) is 2. The summed E-state index contributed by atoms with van der Waals surface area (Å²) in [6, 6.07) is 4.29. The molecule has 1 aromatic rings. The van der Waals surface area contributed by atoms with Gasteiger partial charge in [0.05, 0.1) is 6.61 Å². The second kappa shape index (κ2) is 6.64. The maximum absolute atomic E-state index is 12.6. The Morgan fingerprint density at radius 2 is 1.95 bits per heavy atom. The Hall–Kier alpha value is -1.30. The standard InChI is InChI=1S/C15H21F3N2O/c1-11(2)20-8-6-12(7-9-20)10-21-14-5-3-4-13(19-14)15(16,17)18/h3-5,11-12H,6-10H2,1-2H3. The van der Waals surface area contributed by atoms with Gasteiger partial charge in [0.15, 0.2) is 0 Å². The van der Waals surface area contributed by atoms with Crippen LogP contribution in [0.5, 0.6) is 5.88 Å². The number of likely N-dealkylation sites (tertiary alicyclic amines) is 1. The minimum Gasteiger partial charge on any atom is -0.477 e. The molecule has 118 valence electrons. The van der Waals surface area contributed by atoms with Gasteiger partial charge < -0.3 is 9.64 Å². The summed E-state index contributed by atoms with van der Waals surface area (Å²) in [5.41, 5.74) is -0.908. The average molecular weight is 302 g/mol. The molecule has 21 heavy (non-hydrogen) atoms. The molecule has 0 bridgehead atoms. The maximum Gasteiger partial charge on any atom is 0.433 e. The minimum absolute atomic E-state index is 0.0520. The molecule has 2 heterocycles. The van der Waals surface area contributed by atoms with Gasteiger partial charge in [0.2, 0.25) is 5.88 Å². The van der Waals surface area contributed by atoms with Crippen molar-refractivity contribution in [2.75, 3.05) is 19.7 Å². The van der Waals surface area contributed by atoms with E-state index in [0.29, 0.717) is 18.6 Å². The lowest BCUT2D eigenvalue weighted by molar-refractivity contribution is -0.141. The van der Waals surface area contributed by atoms with Gasteiger partial charge in [0.1, 0.15) is 5.69 Å². The highest BCUT2D eigenvalue weighted by Crippen LogP contribution is 2.29. The third-order valence-corrected chi connectivity index (χ3v) is 3.86. The molecule has 3 nitrogen and oxygen atoms in total. The maximum atomic E-state index is 12.6. The lowest BCUT2D eigenvalue weighted by atomic mass is 9.97. The number of alkyl halides is 3. The number of ether oxygens (including phenoxy) is 1. The van der Waals surface area contributed by atoms with Crippen molar-refractivity contribution in [1.29, 1.82) is 0 Å². The predicted molar refractivity (Wildman–Crippen MR) is 74.2 cm³/mol. The second-order valence-electron chi connectivity index (χ2n) is 5.74. The van der Waals surface area contributed by atoms with Crippen molar-refractivity contribution in [2.24, 2.45) is 5.92 Å². The summed E-state index contributed by atoms with van der Waals surface area (Å²) < 4.78 is 43.1. The molecule has 1 aromatic heterocycles. The van der Waals surface area contributed by atoms with Gasteiger partial charge in [-0.15, -0.1) is 0 Å². The SMILES string of the molecule is CC(C)N1CCC(COc2cccc(C(F)(F)F)n2)CC1. The molecule has 0 aromatic carbocycles. The van der Waals surface area contributed by atoms with Crippen LogP contribution >= 0.6 is 0 Å². The van der Waals surface area contributed by atoms with Crippen LogP contribution < -0.4 is 4.74 Å². The Morgan fingerprint density at radius 3 is 2.52 bits per heavy atom. The van der Waals surface area contributed by atoms with Crippen molar-refractivity contribution in [2.45, 2.75) is 38.9 Å². The summed E-state index contributed by atoms with van der Waals surface area (Å²) in [5, 5.41) is 0. The zero-order chi connectivity index (χ0) is 15.5. The van der Waals surface area contributed by atoms with Crippen LogP contribution in [0.4, 0.5) is 13.2 Å². The van der Waals surface area contributed by atoms with E-state index in [-0.39, 0.29) is 5.88 Å². The molecule has 0 unspecified atom stereocenters. The highest BCUT2D eigenvalue weighted by Gasteiger charge is 2.32. The molecule has 0 saturated carbocycles. The van der Waals surface area contributed by atoms with Crippen LogP contribution in [0.2, 0.25) is 0 Å². The topological polar surface area (TPSA) is 25.4 Å². The number of piperidine rings is 1. The van der Waals surface area contributed by atoms with Crippen molar-refractivity contribution in [3.8, 4) is 5.88 Å². The molecule has 0 atom stereocenters. The lowest BCUT2D eigenvalue weighted by Gasteiger charge is -2.34. The Labute approximate surface area is 123 Å². The van der Waals surface area contributed by atoms with Crippen molar-refractivity contribution < 1.29 is 17.9 Å². The zero-order valence-corrected chi connectivity index (χ0v) is 12.4. The van der Waals surface area contributed by atoms with Crippen LogP contribution in [-0.2, 0) is 6.18 Å². The largest absolute Gasteiger partial charge is 0.477 e. The fourth-order valence-electron chi connectivity index (χ4n) is 2.49. The van der Waals surface area contributed by atoms with E-state index < -0.39 is 11.9 Å². The van der Waals surface area contributed by atoms with E-state index >= 15 is 0 Å². The molecular formula is C15H21F3N2O. The molecule has 0 radical (unpaired) electrons. The summed E-state index contributed by atoms with van der Waals surface area (Å²) >= 11 is 0. The zero-order valence-electron chi connectivity index (χ0n) is 12.4. The van der Waals surface area contributed by atoms with Crippen LogP contribution in [0.1, 0.15) is 32.4 Å². The van der Waals surface area contributed by atoms with E-state index in [1.165, 1.54) is 12.1 Å². The van der Waals surface area contributed by atoms with Crippen molar-refractivity contribution in [3.05, 3.63) is 23.9 Å². The number of rotatable bonds is 4.